The van der Waals surface area contributed by atoms with Gasteiger partial charge in [0.05, 0.1) is 6.61 Å². The van der Waals surface area contributed by atoms with Crippen LogP contribution in [-0.4, -0.2) is 25.0 Å². The Hall–Kier alpha value is -1.23. The molecule has 0 radical (unpaired) electrons. The second kappa shape index (κ2) is 7.38. The van der Waals surface area contributed by atoms with E-state index in [1.165, 1.54) is 6.92 Å². The lowest BCUT2D eigenvalue weighted by Gasteiger charge is -2.29. The van der Waals surface area contributed by atoms with Gasteiger partial charge in [-0.05, 0) is 31.7 Å². The van der Waals surface area contributed by atoms with Crippen molar-refractivity contribution in [1.82, 2.24) is 0 Å². The first-order valence-electron chi connectivity index (χ1n) is 6.66. The van der Waals surface area contributed by atoms with Crippen LogP contribution in [0.15, 0.2) is 30.3 Å². The molecule has 0 N–H and O–H groups in total. The summed E-state index contributed by atoms with van der Waals surface area (Å²) in [7, 11) is 0. The first-order valence-corrected chi connectivity index (χ1v) is 6.66. The van der Waals surface area contributed by atoms with Crippen molar-refractivity contribution >= 4 is 5.78 Å². The molecule has 1 aromatic carbocycles. The van der Waals surface area contributed by atoms with Crippen molar-refractivity contribution in [3.8, 4) is 0 Å². The molecule has 1 aliphatic heterocycles. The summed E-state index contributed by atoms with van der Waals surface area (Å²) in [5, 5.41) is 0. The summed E-state index contributed by atoms with van der Waals surface area (Å²) in [6.07, 6.45) is 2.11. The van der Waals surface area contributed by atoms with E-state index in [2.05, 4.69) is 0 Å². The highest BCUT2D eigenvalue weighted by Gasteiger charge is 2.23. The molecule has 4 nitrogen and oxygen atoms in total. The summed E-state index contributed by atoms with van der Waals surface area (Å²) in [5.74, 6) is 0.0101. The van der Waals surface area contributed by atoms with Gasteiger partial charge < -0.3 is 14.2 Å². The number of Topliss-reactive ketones (excluding diaryl/α,β-unsaturated/α-hetero) is 1. The third-order valence-electron chi connectivity index (χ3n) is 2.93. The molecule has 2 rings (SSSR count). The monoisotopic (exact) mass is 264 g/mol. The molecule has 1 aliphatic rings. The number of hydrogen-bond donors (Lipinski definition) is 0. The summed E-state index contributed by atoms with van der Waals surface area (Å²) in [4.78, 5) is 10.9. The Bertz CT molecular complexity index is 390. The Morgan fingerprint density at radius 3 is 2.58 bits per heavy atom. The molecule has 0 bridgehead atoms. The summed E-state index contributed by atoms with van der Waals surface area (Å²) < 4.78 is 16.8. The van der Waals surface area contributed by atoms with Crippen molar-refractivity contribution in [2.75, 3.05) is 6.61 Å². The van der Waals surface area contributed by atoms with E-state index in [4.69, 9.17) is 14.2 Å². The van der Waals surface area contributed by atoms with E-state index in [1.807, 2.05) is 30.3 Å². The van der Waals surface area contributed by atoms with Gasteiger partial charge in [0, 0.05) is 0 Å². The van der Waals surface area contributed by atoms with Gasteiger partial charge in [0.2, 0.25) is 0 Å². The average molecular weight is 264 g/mol. The molecule has 1 unspecified atom stereocenters. The number of carbonyl (C=O) groups is 1. The van der Waals surface area contributed by atoms with Gasteiger partial charge in [0.25, 0.3) is 0 Å². The fourth-order valence-electron chi connectivity index (χ4n) is 1.98. The molecular formula is C15H20O4. The van der Waals surface area contributed by atoms with Crippen molar-refractivity contribution in [1.29, 1.82) is 0 Å². The minimum atomic E-state index is -0.321. The maximum atomic E-state index is 10.9. The lowest BCUT2D eigenvalue weighted by Crippen LogP contribution is -2.32. The number of benzene rings is 1. The molecule has 2 atom stereocenters. The van der Waals surface area contributed by atoms with E-state index >= 15 is 0 Å². The van der Waals surface area contributed by atoms with Gasteiger partial charge in [-0.25, -0.2) is 0 Å². The Balaban J connectivity index is 1.73. The molecule has 1 fully saturated rings. The molecule has 1 saturated heterocycles. The summed E-state index contributed by atoms with van der Waals surface area (Å²) >= 11 is 0. The molecule has 19 heavy (non-hydrogen) atoms. The number of carbonyl (C=O) groups excluding carboxylic acids is 1. The lowest BCUT2D eigenvalue weighted by atomic mass is 10.2. The molecular weight excluding hydrogens is 244 g/mol. The second-order valence-corrected chi connectivity index (χ2v) is 4.74. The van der Waals surface area contributed by atoms with Crippen LogP contribution in [-0.2, 0) is 25.6 Å². The molecule has 4 heteroatoms. The van der Waals surface area contributed by atoms with E-state index in [-0.39, 0.29) is 25.0 Å². The molecule has 1 heterocycles. The van der Waals surface area contributed by atoms with Gasteiger partial charge in [-0.2, -0.15) is 0 Å². The number of ketones is 1. The van der Waals surface area contributed by atoms with Crippen LogP contribution in [0.4, 0.5) is 0 Å². The quantitative estimate of drug-likeness (QED) is 0.792. The Labute approximate surface area is 113 Å². The van der Waals surface area contributed by atoms with Crippen LogP contribution >= 0.6 is 0 Å². The van der Waals surface area contributed by atoms with Gasteiger partial charge >= 0.3 is 0 Å². The van der Waals surface area contributed by atoms with Crippen LogP contribution in [0.3, 0.4) is 0 Å². The minimum absolute atomic E-state index is 0.0101. The molecule has 0 aliphatic carbocycles. The fraction of sp³-hybridized carbons (Fsp3) is 0.533. The SMILES string of the molecule is CC(=O)CO[C@H]1CCCC(OCc2ccccc2)O1. The smallest absolute Gasteiger partial charge is 0.161 e. The van der Waals surface area contributed by atoms with Gasteiger partial charge in [0.15, 0.2) is 18.4 Å². The van der Waals surface area contributed by atoms with E-state index in [0.29, 0.717) is 6.61 Å². The molecule has 0 aromatic heterocycles. The number of ether oxygens (including phenoxy) is 3. The first-order chi connectivity index (χ1) is 9.24. The van der Waals surface area contributed by atoms with Crippen molar-refractivity contribution in [3.05, 3.63) is 35.9 Å². The van der Waals surface area contributed by atoms with Crippen LogP contribution in [0, 0.1) is 0 Å². The maximum absolute atomic E-state index is 10.9. The fourth-order valence-corrected chi connectivity index (χ4v) is 1.98. The molecule has 0 saturated carbocycles. The van der Waals surface area contributed by atoms with Gasteiger partial charge in [-0.1, -0.05) is 30.3 Å². The topological polar surface area (TPSA) is 44.8 Å². The summed E-state index contributed by atoms with van der Waals surface area (Å²) in [6, 6.07) is 9.99. The van der Waals surface area contributed by atoms with Crippen molar-refractivity contribution < 1.29 is 19.0 Å². The predicted octanol–water partition coefficient (Wildman–Crippen LogP) is 2.66. The van der Waals surface area contributed by atoms with E-state index in [9.17, 15) is 4.79 Å². The van der Waals surface area contributed by atoms with Crippen molar-refractivity contribution in [2.24, 2.45) is 0 Å². The molecule has 104 valence electrons. The zero-order valence-electron chi connectivity index (χ0n) is 11.2. The minimum Gasteiger partial charge on any atom is -0.348 e. The number of rotatable bonds is 6. The maximum Gasteiger partial charge on any atom is 0.161 e. The summed E-state index contributed by atoms with van der Waals surface area (Å²) in [6.45, 7) is 2.15. The Kier molecular flexibility index (Phi) is 5.51. The van der Waals surface area contributed by atoms with Crippen LogP contribution < -0.4 is 0 Å². The highest BCUT2D eigenvalue weighted by Crippen LogP contribution is 2.21. The van der Waals surface area contributed by atoms with Crippen LogP contribution in [0.25, 0.3) is 0 Å². The standard InChI is InChI=1S/C15H20O4/c1-12(16)10-17-14-8-5-9-15(19-14)18-11-13-6-3-2-4-7-13/h2-4,6-7,14-15H,5,8-11H2,1H3/t14-,15?/m1/s1. The third-order valence-corrected chi connectivity index (χ3v) is 2.93. The second-order valence-electron chi connectivity index (χ2n) is 4.74. The highest BCUT2D eigenvalue weighted by molar-refractivity contribution is 5.76. The van der Waals surface area contributed by atoms with Crippen LogP contribution in [0.1, 0.15) is 31.7 Å². The lowest BCUT2D eigenvalue weighted by molar-refractivity contribution is -0.268. The van der Waals surface area contributed by atoms with E-state index < -0.39 is 0 Å². The van der Waals surface area contributed by atoms with Crippen molar-refractivity contribution in [3.63, 3.8) is 0 Å². The zero-order chi connectivity index (χ0) is 13.5. The van der Waals surface area contributed by atoms with Crippen LogP contribution in [0.5, 0.6) is 0 Å². The zero-order valence-corrected chi connectivity index (χ0v) is 11.2. The predicted molar refractivity (Wildman–Crippen MR) is 70.4 cm³/mol. The summed E-state index contributed by atoms with van der Waals surface area (Å²) in [5.41, 5.74) is 1.12. The van der Waals surface area contributed by atoms with Gasteiger partial charge in [0.1, 0.15) is 6.61 Å². The van der Waals surface area contributed by atoms with Crippen molar-refractivity contribution in [2.45, 2.75) is 45.4 Å². The normalized spacial score (nSPS) is 23.2. The van der Waals surface area contributed by atoms with Crippen LogP contribution in [0.2, 0.25) is 0 Å². The van der Waals surface area contributed by atoms with Gasteiger partial charge in [-0.15, -0.1) is 0 Å². The van der Waals surface area contributed by atoms with E-state index in [1.54, 1.807) is 0 Å². The first kappa shape index (κ1) is 14.2. The van der Waals surface area contributed by atoms with E-state index in [0.717, 1.165) is 24.8 Å². The highest BCUT2D eigenvalue weighted by atomic mass is 16.8. The average Bonchev–Trinajstić information content (AvgIpc) is 2.44. The Morgan fingerprint density at radius 2 is 1.89 bits per heavy atom. The van der Waals surface area contributed by atoms with Gasteiger partial charge in [-0.3, -0.25) is 4.79 Å². The third kappa shape index (κ3) is 5.11. The molecule has 0 amide bonds. The molecule has 0 spiro atoms. The number of hydrogen-bond acceptors (Lipinski definition) is 4. The Morgan fingerprint density at radius 1 is 1.21 bits per heavy atom. The molecule has 1 aromatic rings. The largest absolute Gasteiger partial charge is 0.348 e.